The maximum Gasteiger partial charge on any atom is 0.280 e. The second-order valence-electron chi connectivity index (χ2n) is 6.06. The highest BCUT2D eigenvalue weighted by Crippen LogP contribution is 2.30. The number of hydrogen-bond donors (Lipinski definition) is 2. The number of nitrogens with two attached hydrogens (primary N) is 1. The lowest BCUT2D eigenvalue weighted by Crippen LogP contribution is -2.21. The molecule has 146 valence electrons. The second kappa shape index (κ2) is 7.45. The number of amides is 1. The Balaban J connectivity index is 1.91. The zero-order chi connectivity index (χ0) is 20.5. The number of hydrazone groups is 1. The van der Waals surface area contributed by atoms with Crippen molar-refractivity contribution >= 4 is 33.4 Å². The highest BCUT2D eigenvalue weighted by molar-refractivity contribution is 7.89. The maximum atomic E-state index is 12.8. The molecule has 0 radical (unpaired) electrons. The molecule has 1 aliphatic heterocycles. The number of benzene rings is 2. The molecule has 3 N–H and O–H groups in total. The first kappa shape index (κ1) is 19.6. The van der Waals surface area contributed by atoms with E-state index < -0.39 is 10.0 Å². The summed E-state index contributed by atoms with van der Waals surface area (Å²) in [5, 5.41) is 20.3. The molecule has 28 heavy (non-hydrogen) atoms. The van der Waals surface area contributed by atoms with Crippen LogP contribution in [0.3, 0.4) is 0 Å². The molecular weight excluding hydrogens is 382 g/mol. The Morgan fingerprint density at radius 3 is 2.50 bits per heavy atom. The lowest BCUT2D eigenvalue weighted by Gasteiger charge is -2.12. The summed E-state index contributed by atoms with van der Waals surface area (Å²) in [4.78, 5) is 12.8. The van der Waals surface area contributed by atoms with Crippen molar-refractivity contribution < 1.29 is 23.1 Å². The van der Waals surface area contributed by atoms with Crippen molar-refractivity contribution in [1.29, 1.82) is 0 Å². The van der Waals surface area contributed by atoms with Gasteiger partial charge in [0.2, 0.25) is 10.0 Å². The summed E-state index contributed by atoms with van der Waals surface area (Å²) in [6.07, 6.45) is 1.65. The Labute approximate surface area is 162 Å². The summed E-state index contributed by atoms with van der Waals surface area (Å²) in [7, 11) is -3.81. The predicted octanol–water partition coefficient (Wildman–Crippen LogP) is 2.24. The molecule has 2 aromatic carbocycles. The van der Waals surface area contributed by atoms with Crippen molar-refractivity contribution in [3.63, 3.8) is 0 Å². The minimum atomic E-state index is -3.81. The monoisotopic (exact) mass is 401 g/mol. The van der Waals surface area contributed by atoms with Gasteiger partial charge in [-0.15, -0.1) is 0 Å². The van der Waals surface area contributed by atoms with E-state index in [1.165, 1.54) is 35.3 Å². The van der Waals surface area contributed by atoms with Gasteiger partial charge in [0.05, 0.1) is 28.5 Å². The van der Waals surface area contributed by atoms with Crippen molar-refractivity contribution in [3.8, 4) is 11.5 Å². The first-order valence-electron chi connectivity index (χ1n) is 8.41. The fraction of sp³-hybridized carbons (Fsp3) is 0.158. The molecule has 1 aliphatic rings. The average Bonchev–Trinajstić information content (AvgIpc) is 2.92. The number of ether oxygens (including phenoxy) is 1. The van der Waals surface area contributed by atoms with Gasteiger partial charge in [-0.05, 0) is 61.9 Å². The van der Waals surface area contributed by atoms with Crippen LogP contribution in [0.2, 0.25) is 0 Å². The van der Waals surface area contributed by atoms with E-state index in [0.717, 1.165) is 0 Å². The third-order valence-corrected chi connectivity index (χ3v) is 5.00. The minimum absolute atomic E-state index is 0.0173. The number of phenolic OH excluding ortho intramolecular Hbond substituents is 1. The Morgan fingerprint density at radius 1 is 1.21 bits per heavy atom. The fourth-order valence-electron chi connectivity index (χ4n) is 2.69. The van der Waals surface area contributed by atoms with Gasteiger partial charge in [0.25, 0.3) is 5.91 Å². The minimum Gasteiger partial charge on any atom is -0.504 e. The summed E-state index contributed by atoms with van der Waals surface area (Å²) < 4.78 is 28.1. The topological polar surface area (TPSA) is 122 Å². The van der Waals surface area contributed by atoms with Gasteiger partial charge in [-0.2, -0.15) is 10.1 Å². The van der Waals surface area contributed by atoms with E-state index in [4.69, 9.17) is 9.88 Å². The molecule has 0 spiro atoms. The summed E-state index contributed by atoms with van der Waals surface area (Å²) in [5.41, 5.74) is 1.97. The number of carbonyl (C=O) groups excluding carboxylic acids is 1. The molecule has 3 rings (SSSR count). The first-order chi connectivity index (χ1) is 13.2. The third-order valence-electron chi connectivity index (χ3n) is 4.07. The molecule has 0 bridgehead atoms. The van der Waals surface area contributed by atoms with Crippen LogP contribution in [0.1, 0.15) is 19.4 Å². The van der Waals surface area contributed by atoms with Crippen LogP contribution in [0, 0.1) is 0 Å². The summed E-state index contributed by atoms with van der Waals surface area (Å²) in [5.74, 6) is -0.0112. The Bertz CT molecular complexity index is 1090. The van der Waals surface area contributed by atoms with Crippen LogP contribution in [-0.2, 0) is 14.8 Å². The van der Waals surface area contributed by atoms with E-state index in [1.54, 1.807) is 32.1 Å². The lowest BCUT2D eigenvalue weighted by atomic mass is 10.1. The highest BCUT2D eigenvalue weighted by atomic mass is 32.2. The first-order valence-corrected chi connectivity index (χ1v) is 9.95. The number of hydrogen-bond acceptors (Lipinski definition) is 6. The van der Waals surface area contributed by atoms with Crippen LogP contribution in [0.15, 0.2) is 58.0 Å². The van der Waals surface area contributed by atoms with Gasteiger partial charge in [0.1, 0.15) is 0 Å². The molecule has 2 aromatic rings. The molecule has 0 atom stereocenters. The number of nitrogens with zero attached hydrogens (tertiary/aromatic N) is 2. The average molecular weight is 401 g/mol. The Morgan fingerprint density at radius 2 is 1.89 bits per heavy atom. The lowest BCUT2D eigenvalue weighted by molar-refractivity contribution is -0.114. The van der Waals surface area contributed by atoms with E-state index in [1.807, 2.05) is 0 Å². The molecule has 8 nitrogen and oxygen atoms in total. The summed E-state index contributed by atoms with van der Waals surface area (Å²) in [6.45, 7) is 3.91. The molecule has 0 aliphatic carbocycles. The van der Waals surface area contributed by atoms with Crippen molar-refractivity contribution in [3.05, 3.63) is 53.6 Å². The van der Waals surface area contributed by atoms with Gasteiger partial charge in [0.15, 0.2) is 11.5 Å². The van der Waals surface area contributed by atoms with Crippen LogP contribution < -0.4 is 14.9 Å². The number of aromatic hydroxyl groups is 1. The zero-order valence-electron chi connectivity index (χ0n) is 15.3. The fourth-order valence-corrected chi connectivity index (χ4v) is 3.21. The molecule has 0 saturated carbocycles. The van der Waals surface area contributed by atoms with Gasteiger partial charge in [-0.25, -0.2) is 13.6 Å². The van der Waals surface area contributed by atoms with Crippen molar-refractivity contribution in [2.45, 2.75) is 18.7 Å². The molecule has 0 aromatic heterocycles. The number of primary sulfonamides is 1. The number of carbonyl (C=O) groups is 1. The number of phenols is 1. The predicted molar refractivity (Wildman–Crippen MR) is 106 cm³/mol. The van der Waals surface area contributed by atoms with Gasteiger partial charge in [0, 0.05) is 0 Å². The van der Waals surface area contributed by atoms with Gasteiger partial charge in [-0.1, -0.05) is 6.07 Å². The largest absolute Gasteiger partial charge is 0.504 e. The SMILES string of the molecule is CCOc1cc(/C=C2\C(=O)N(c3ccc(S(N)(=O)=O)cc3)N=C2C)ccc1O. The number of sulfonamides is 1. The van der Waals surface area contributed by atoms with Crippen LogP contribution in [0.5, 0.6) is 11.5 Å². The zero-order valence-corrected chi connectivity index (χ0v) is 16.1. The van der Waals surface area contributed by atoms with E-state index in [-0.39, 0.29) is 16.6 Å². The normalized spacial score (nSPS) is 15.8. The Kier molecular flexibility index (Phi) is 5.21. The van der Waals surface area contributed by atoms with Crippen molar-refractivity contribution in [2.24, 2.45) is 10.2 Å². The smallest absolute Gasteiger partial charge is 0.280 e. The molecule has 1 heterocycles. The van der Waals surface area contributed by atoms with E-state index in [0.29, 0.717) is 34.9 Å². The maximum absolute atomic E-state index is 12.8. The third kappa shape index (κ3) is 3.90. The van der Waals surface area contributed by atoms with Crippen LogP contribution in [-0.4, -0.2) is 31.8 Å². The Hall–Kier alpha value is -3.17. The number of anilines is 1. The van der Waals surface area contributed by atoms with Crippen LogP contribution in [0.25, 0.3) is 6.08 Å². The highest BCUT2D eigenvalue weighted by Gasteiger charge is 2.29. The van der Waals surface area contributed by atoms with Crippen LogP contribution in [0.4, 0.5) is 5.69 Å². The molecule has 0 unspecified atom stereocenters. The van der Waals surface area contributed by atoms with Crippen LogP contribution >= 0.6 is 0 Å². The molecular formula is C19H19N3O5S. The van der Waals surface area contributed by atoms with Gasteiger partial charge >= 0.3 is 0 Å². The molecule has 9 heteroatoms. The molecule has 0 fully saturated rings. The van der Waals surface area contributed by atoms with E-state index >= 15 is 0 Å². The van der Waals surface area contributed by atoms with Gasteiger partial charge < -0.3 is 9.84 Å². The van der Waals surface area contributed by atoms with Crippen molar-refractivity contribution in [1.82, 2.24) is 0 Å². The van der Waals surface area contributed by atoms with E-state index in [9.17, 15) is 18.3 Å². The van der Waals surface area contributed by atoms with Crippen molar-refractivity contribution in [2.75, 3.05) is 11.6 Å². The molecule has 1 amide bonds. The quantitative estimate of drug-likeness (QED) is 0.744. The standard InChI is InChI=1S/C19H19N3O5S/c1-3-27-18-11-13(4-9-17(18)23)10-16-12(2)21-22(19(16)24)14-5-7-15(8-6-14)28(20,25)26/h4-11,23H,3H2,1-2H3,(H2,20,25,26)/b16-10-. The van der Waals surface area contributed by atoms with Gasteiger partial charge in [-0.3, -0.25) is 4.79 Å². The second-order valence-corrected chi connectivity index (χ2v) is 7.62. The van der Waals surface area contributed by atoms with E-state index in [2.05, 4.69) is 5.10 Å². The summed E-state index contributed by atoms with van der Waals surface area (Å²) >= 11 is 0. The summed E-state index contributed by atoms with van der Waals surface area (Å²) in [6, 6.07) is 10.4. The number of rotatable bonds is 5. The molecule has 0 saturated heterocycles.